The van der Waals surface area contributed by atoms with Gasteiger partial charge in [-0.3, -0.25) is 4.79 Å². The molecule has 0 aliphatic rings. The van der Waals surface area contributed by atoms with Crippen LogP contribution >= 0.6 is 22.9 Å². The van der Waals surface area contributed by atoms with Gasteiger partial charge < -0.3 is 15.2 Å². The van der Waals surface area contributed by atoms with Gasteiger partial charge in [-0.15, -0.1) is 11.3 Å². The minimum Gasteiger partial charge on any atom is -0.389 e. The number of halogens is 1. The van der Waals surface area contributed by atoms with E-state index in [2.05, 4.69) is 5.32 Å². The molecule has 0 fully saturated rings. The largest absolute Gasteiger partial charge is 0.389 e. The molecule has 0 aliphatic heterocycles. The van der Waals surface area contributed by atoms with Gasteiger partial charge in [0.15, 0.2) is 0 Å². The lowest BCUT2D eigenvalue weighted by atomic mass is 10.3. The summed E-state index contributed by atoms with van der Waals surface area (Å²) < 4.78 is 4.74. The van der Waals surface area contributed by atoms with Crippen molar-refractivity contribution in [2.45, 2.75) is 13.0 Å². The van der Waals surface area contributed by atoms with Crippen LogP contribution in [0.25, 0.3) is 0 Å². The normalized spacial score (nSPS) is 12.5. The highest BCUT2D eigenvalue weighted by Crippen LogP contribution is 2.26. The van der Waals surface area contributed by atoms with Gasteiger partial charge in [-0.05, 0) is 17.9 Å². The molecule has 0 aliphatic carbocycles. The van der Waals surface area contributed by atoms with E-state index in [0.717, 1.165) is 5.56 Å². The van der Waals surface area contributed by atoms with Crippen molar-refractivity contribution in [2.24, 2.45) is 0 Å². The second-order valence-electron chi connectivity index (χ2n) is 3.38. The van der Waals surface area contributed by atoms with Crippen LogP contribution in [0.3, 0.4) is 0 Å². The number of methoxy groups -OCH3 is 1. The summed E-state index contributed by atoms with van der Waals surface area (Å²) in [7, 11) is 1.49. The molecule has 1 aromatic rings. The SMILES string of the molecule is COCC(O)CNC(=O)c1scc(C)c1Cl. The third-order valence-corrected chi connectivity index (χ3v) is 3.66. The molecule has 0 bridgehead atoms. The first kappa shape index (κ1) is 13.4. The fraction of sp³-hybridized carbons (Fsp3) is 0.500. The number of ether oxygens (including phenoxy) is 1. The molecule has 1 rings (SSSR count). The van der Waals surface area contributed by atoms with Crippen LogP contribution in [0.2, 0.25) is 5.02 Å². The Kier molecular flexibility index (Phi) is 5.21. The topological polar surface area (TPSA) is 58.6 Å². The van der Waals surface area contributed by atoms with E-state index >= 15 is 0 Å². The van der Waals surface area contributed by atoms with Crippen LogP contribution in [0.1, 0.15) is 15.2 Å². The molecule has 0 spiro atoms. The fourth-order valence-electron chi connectivity index (χ4n) is 1.13. The highest BCUT2D eigenvalue weighted by molar-refractivity contribution is 7.13. The Morgan fingerprint density at radius 3 is 2.94 bits per heavy atom. The van der Waals surface area contributed by atoms with Gasteiger partial charge in [0.25, 0.3) is 5.91 Å². The van der Waals surface area contributed by atoms with Gasteiger partial charge in [-0.2, -0.15) is 0 Å². The Bertz CT molecular complexity index is 367. The molecule has 1 atom stereocenters. The average molecular weight is 264 g/mol. The van der Waals surface area contributed by atoms with E-state index in [9.17, 15) is 9.90 Å². The number of carbonyl (C=O) groups excluding carboxylic acids is 1. The van der Waals surface area contributed by atoms with E-state index < -0.39 is 6.10 Å². The maximum absolute atomic E-state index is 11.7. The second kappa shape index (κ2) is 6.20. The summed E-state index contributed by atoms with van der Waals surface area (Å²) in [4.78, 5) is 12.1. The van der Waals surface area contributed by atoms with E-state index in [-0.39, 0.29) is 19.1 Å². The van der Waals surface area contributed by atoms with Gasteiger partial charge in [0.05, 0.1) is 17.7 Å². The quantitative estimate of drug-likeness (QED) is 0.845. The number of hydrogen-bond acceptors (Lipinski definition) is 4. The van der Waals surface area contributed by atoms with Crippen molar-refractivity contribution in [1.29, 1.82) is 0 Å². The molecule has 6 heteroatoms. The third-order valence-electron chi connectivity index (χ3n) is 1.96. The maximum atomic E-state index is 11.7. The molecule has 0 aromatic carbocycles. The molecule has 1 unspecified atom stereocenters. The molecule has 16 heavy (non-hydrogen) atoms. The number of hydrogen-bond donors (Lipinski definition) is 2. The number of aryl methyl sites for hydroxylation is 1. The standard InChI is InChI=1S/C10H14ClNO3S/c1-6-5-16-9(8(6)11)10(14)12-3-7(13)4-15-2/h5,7,13H,3-4H2,1-2H3,(H,12,14). The number of amides is 1. The first-order valence-electron chi connectivity index (χ1n) is 4.75. The van der Waals surface area contributed by atoms with Crippen LogP contribution in [-0.2, 0) is 4.74 Å². The number of thiophene rings is 1. The zero-order valence-electron chi connectivity index (χ0n) is 9.12. The molecule has 2 N–H and O–H groups in total. The number of carbonyl (C=O) groups is 1. The van der Waals surface area contributed by atoms with Crippen molar-refractivity contribution in [2.75, 3.05) is 20.3 Å². The number of aliphatic hydroxyl groups is 1. The molecular weight excluding hydrogens is 250 g/mol. The van der Waals surface area contributed by atoms with Gasteiger partial charge in [-0.25, -0.2) is 0 Å². The summed E-state index contributed by atoms with van der Waals surface area (Å²) in [5, 5.41) is 14.2. The Morgan fingerprint density at radius 2 is 2.44 bits per heavy atom. The predicted octanol–water partition coefficient (Wildman–Crippen LogP) is 1.45. The van der Waals surface area contributed by atoms with Crippen molar-refractivity contribution in [1.82, 2.24) is 5.32 Å². The van der Waals surface area contributed by atoms with Crippen molar-refractivity contribution < 1.29 is 14.6 Å². The van der Waals surface area contributed by atoms with Gasteiger partial charge in [0.2, 0.25) is 0 Å². The predicted molar refractivity (Wildman–Crippen MR) is 64.3 cm³/mol. The first-order valence-corrected chi connectivity index (χ1v) is 6.00. The summed E-state index contributed by atoms with van der Waals surface area (Å²) >= 11 is 7.23. The molecule has 1 heterocycles. The maximum Gasteiger partial charge on any atom is 0.262 e. The molecule has 0 saturated heterocycles. The van der Waals surface area contributed by atoms with Crippen molar-refractivity contribution >= 4 is 28.8 Å². The molecule has 90 valence electrons. The van der Waals surface area contributed by atoms with E-state index in [0.29, 0.717) is 9.90 Å². The first-order chi connectivity index (χ1) is 7.56. The molecule has 1 aromatic heterocycles. The van der Waals surface area contributed by atoms with E-state index in [1.54, 1.807) is 0 Å². The zero-order chi connectivity index (χ0) is 12.1. The van der Waals surface area contributed by atoms with Gasteiger partial charge in [-0.1, -0.05) is 11.6 Å². The van der Waals surface area contributed by atoms with E-state index in [1.165, 1.54) is 18.4 Å². The molecule has 4 nitrogen and oxygen atoms in total. The number of rotatable bonds is 5. The fourth-order valence-corrected chi connectivity index (χ4v) is 2.32. The highest BCUT2D eigenvalue weighted by atomic mass is 35.5. The Hall–Kier alpha value is -0.620. The van der Waals surface area contributed by atoms with Crippen molar-refractivity contribution in [3.63, 3.8) is 0 Å². The lowest BCUT2D eigenvalue weighted by Gasteiger charge is -2.10. The zero-order valence-corrected chi connectivity index (χ0v) is 10.7. The van der Waals surface area contributed by atoms with Crippen molar-refractivity contribution in [3.8, 4) is 0 Å². The summed E-state index contributed by atoms with van der Waals surface area (Å²) in [6, 6.07) is 0. The monoisotopic (exact) mass is 263 g/mol. The van der Waals surface area contributed by atoms with Crippen LogP contribution in [0.4, 0.5) is 0 Å². The lowest BCUT2D eigenvalue weighted by molar-refractivity contribution is 0.0611. The second-order valence-corrected chi connectivity index (χ2v) is 4.64. The Labute approximate surface area is 103 Å². The molecule has 1 amide bonds. The molecular formula is C10H14ClNO3S. The van der Waals surface area contributed by atoms with Gasteiger partial charge >= 0.3 is 0 Å². The average Bonchev–Trinajstić information content (AvgIpc) is 2.57. The van der Waals surface area contributed by atoms with Crippen LogP contribution in [0.5, 0.6) is 0 Å². The molecule has 0 radical (unpaired) electrons. The van der Waals surface area contributed by atoms with E-state index in [4.69, 9.17) is 16.3 Å². The van der Waals surface area contributed by atoms with Crippen LogP contribution in [0, 0.1) is 6.92 Å². The Balaban J connectivity index is 2.50. The summed E-state index contributed by atoms with van der Waals surface area (Å²) in [6.07, 6.45) is -0.700. The summed E-state index contributed by atoms with van der Waals surface area (Å²) in [5.74, 6) is -0.266. The highest BCUT2D eigenvalue weighted by Gasteiger charge is 2.15. The smallest absolute Gasteiger partial charge is 0.262 e. The third kappa shape index (κ3) is 3.45. The summed E-state index contributed by atoms with van der Waals surface area (Å²) in [5.41, 5.74) is 0.884. The van der Waals surface area contributed by atoms with Gasteiger partial charge in [0.1, 0.15) is 4.88 Å². The minimum absolute atomic E-state index is 0.153. The number of aliphatic hydroxyl groups excluding tert-OH is 1. The lowest BCUT2D eigenvalue weighted by Crippen LogP contribution is -2.34. The Morgan fingerprint density at radius 1 is 1.75 bits per heavy atom. The van der Waals surface area contributed by atoms with Crippen molar-refractivity contribution in [3.05, 3.63) is 20.8 Å². The van der Waals surface area contributed by atoms with Crippen LogP contribution in [0.15, 0.2) is 5.38 Å². The number of nitrogens with one attached hydrogen (secondary N) is 1. The van der Waals surface area contributed by atoms with E-state index in [1.807, 2.05) is 12.3 Å². The summed E-state index contributed by atoms with van der Waals surface area (Å²) in [6.45, 7) is 2.19. The molecule has 0 saturated carbocycles. The van der Waals surface area contributed by atoms with Crippen LogP contribution < -0.4 is 5.32 Å². The minimum atomic E-state index is -0.700. The van der Waals surface area contributed by atoms with Gasteiger partial charge in [0, 0.05) is 13.7 Å². The van der Waals surface area contributed by atoms with Crippen LogP contribution in [-0.4, -0.2) is 37.4 Å².